The summed E-state index contributed by atoms with van der Waals surface area (Å²) in [6.07, 6.45) is 17.6. The molecule has 53 heavy (non-hydrogen) atoms. The predicted octanol–water partition coefficient (Wildman–Crippen LogP) is 7.46. The van der Waals surface area contributed by atoms with Crippen LogP contribution in [0.25, 0.3) is 5.52 Å². The number of fused-ring (bicyclic) bond motifs is 2. The Hall–Kier alpha value is -1.97. The van der Waals surface area contributed by atoms with E-state index in [-0.39, 0.29) is 19.0 Å². The normalized spacial score (nSPS) is 25.5. The van der Waals surface area contributed by atoms with Gasteiger partial charge in [-0.05, 0) is 47.9 Å². The van der Waals surface area contributed by atoms with E-state index in [2.05, 4.69) is 17.0 Å². The Kier molecular flexibility index (Phi) is 16.1. The van der Waals surface area contributed by atoms with Gasteiger partial charge in [-0.15, -0.1) is 0 Å². The highest BCUT2D eigenvalue weighted by atomic mass is 32.1. The number of hydrogen-bond donors (Lipinski definition) is 4. The molecule has 4 heterocycles. The van der Waals surface area contributed by atoms with Crippen LogP contribution in [0.4, 0.5) is 5.82 Å². The molecular weight excluding hydrogens is 719 g/mol. The standard InChI is InChI=1S/C38H61N4O9PS/c1-3-4-5-6-7-8-9-10-11-12-13-14-15-16-17-18-22-47-25-30(48-24-29-21-23-53-27-29)26-49-52(45,46)51-34-33-38(34,44)36(43)37(2,50-33)32-20-19-31-35(39)40-28-41-42(31)32/h19-21,23,27-28,30,33-34,36,43-44H,3-18,22,24-26H2,1-2H3,(H,45,46)(H2,39,40,41)/t30-,33-,34?,36+,37+,38+/m1/s1. The van der Waals surface area contributed by atoms with Crippen LogP contribution in [0.3, 0.4) is 0 Å². The molecule has 1 aliphatic heterocycles. The van der Waals surface area contributed by atoms with Crippen LogP contribution in [-0.4, -0.2) is 79.5 Å². The van der Waals surface area contributed by atoms with Crippen molar-refractivity contribution in [1.29, 1.82) is 0 Å². The molecule has 0 amide bonds. The average molecular weight is 781 g/mol. The van der Waals surface area contributed by atoms with Crippen LogP contribution < -0.4 is 5.73 Å². The molecule has 1 aliphatic carbocycles. The summed E-state index contributed by atoms with van der Waals surface area (Å²) in [4.78, 5) is 14.6. The van der Waals surface area contributed by atoms with Crippen LogP contribution in [0.15, 0.2) is 35.3 Å². The quantitative estimate of drug-likeness (QED) is 0.0423. The second-order valence-electron chi connectivity index (χ2n) is 14.8. The number of unbranched alkanes of at least 4 members (excludes halogenated alkanes) is 15. The Labute approximate surface area is 318 Å². The van der Waals surface area contributed by atoms with Crippen LogP contribution in [0, 0.1) is 0 Å². The van der Waals surface area contributed by atoms with Gasteiger partial charge in [-0.2, -0.15) is 16.4 Å². The molecule has 0 spiro atoms. The first-order valence-electron chi connectivity index (χ1n) is 19.6. The van der Waals surface area contributed by atoms with Crippen molar-refractivity contribution < 1.29 is 42.9 Å². The molecule has 2 unspecified atom stereocenters. The number of nitrogen functional groups attached to an aromatic ring is 1. The fourth-order valence-electron chi connectivity index (χ4n) is 7.29. The first kappa shape index (κ1) is 42.2. The molecule has 15 heteroatoms. The van der Waals surface area contributed by atoms with Gasteiger partial charge in [-0.3, -0.25) is 9.05 Å². The van der Waals surface area contributed by atoms with Gasteiger partial charge in [0, 0.05) is 6.61 Å². The third-order valence-electron chi connectivity index (χ3n) is 10.6. The number of aliphatic hydroxyl groups excluding tert-OH is 1. The zero-order chi connectivity index (χ0) is 37.7. The van der Waals surface area contributed by atoms with E-state index in [4.69, 9.17) is 29.0 Å². The molecule has 298 valence electrons. The average Bonchev–Trinajstić information content (AvgIpc) is 3.64. The number of phosphoric acid groups is 1. The van der Waals surface area contributed by atoms with Crippen molar-refractivity contribution in [2.24, 2.45) is 0 Å². The Balaban J connectivity index is 0.975. The maximum atomic E-state index is 13.1. The molecule has 7 atom stereocenters. The van der Waals surface area contributed by atoms with Crippen molar-refractivity contribution in [2.75, 3.05) is 25.6 Å². The molecule has 13 nitrogen and oxygen atoms in total. The molecule has 3 aromatic heterocycles. The van der Waals surface area contributed by atoms with E-state index in [0.717, 1.165) is 18.4 Å². The molecule has 2 fully saturated rings. The van der Waals surface area contributed by atoms with E-state index in [1.54, 1.807) is 30.4 Å². The van der Waals surface area contributed by atoms with Gasteiger partial charge in [-0.25, -0.2) is 14.1 Å². The SMILES string of the molecule is CCCCCCCCCCCCCCCCCCOC[C@H](COP(=O)(O)OC1[C@H]2O[C@@](C)(c3ccc4c(N)ncnn34)[C@H](O)[C@@]12O)OCc1ccsc1. The number of anilines is 1. The lowest BCUT2D eigenvalue weighted by Gasteiger charge is -2.32. The largest absolute Gasteiger partial charge is 0.472 e. The highest BCUT2D eigenvalue weighted by molar-refractivity contribution is 7.47. The van der Waals surface area contributed by atoms with Crippen molar-refractivity contribution in [3.05, 3.63) is 46.5 Å². The van der Waals surface area contributed by atoms with Gasteiger partial charge < -0.3 is 35.1 Å². The number of phosphoric ester groups is 1. The molecule has 5 rings (SSSR count). The van der Waals surface area contributed by atoms with Gasteiger partial charge in [0.05, 0.1) is 25.5 Å². The lowest BCUT2D eigenvalue weighted by atomic mass is 9.91. The molecule has 2 aliphatic rings. The Morgan fingerprint density at radius 2 is 1.62 bits per heavy atom. The number of rotatable bonds is 28. The molecule has 1 saturated heterocycles. The minimum absolute atomic E-state index is 0.179. The first-order valence-corrected chi connectivity index (χ1v) is 22.1. The monoisotopic (exact) mass is 780 g/mol. The van der Waals surface area contributed by atoms with Crippen molar-refractivity contribution in [1.82, 2.24) is 14.6 Å². The van der Waals surface area contributed by atoms with E-state index >= 15 is 0 Å². The van der Waals surface area contributed by atoms with Crippen LogP contribution in [-0.2, 0) is 40.0 Å². The topological polar surface area (TPSA) is 180 Å². The van der Waals surface area contributed by atoms with E-state index in [0.29, 0.717) is 24.4 Å². The highest BCUT2D eigenvalue weighted by Gasteiger charge is 2.82. The lowest BCUT2D eigenvalue weighted by Crippen LogP contribution is -2.46. The van der Waals surface area contributed by atoms with Gasteiger partial charge >= 0.3 is 7.82 Å². The third kappa shape index (κ3) is 11.3. The van der Waals surface area contributed by atoms with Gasteiger partial charge in [0.25, 0.3) is 0 Å². The lowest BCUT2D eigenvalue weighted by molar-refractivity contribution is -0.127. The van der Waals surface area contributed by atoms with Gasteiger partial charge in [0.15, 0.2) is 11.4 Å². The van der Waals surface area contributed by atoms with Gasteiger partial charge in [-0.1, -0.05) is 103 Å². The summed E-state index contributed by atoms with van der Waals surface area (Å²) in [7, 11) is -4.70. The zero-order valence-electron chi connectivity index (χ0n) is 31.5. The van der Waals surface area contributed by atoms with Crippen LogP contribution in [0.2, 0.25) is 0 Å². The second-order valence-corrected chi connectivity index (χ2v) is 17.0. The van der Waals surface area contributed by atoms with E-state index in [9.17, 15) is 19.7 Å². The molecule has 5 N–H and O–H groups in total. The van der Waals surface area contributed by atoms with E-state index in [1.807, 2.05) is 16.8 Å². The number of thiophene rings is 1. The molecular formula is C38H61N4O9PS. The number of hydrogen-bond acceptors (Lipinski definition) is 12. The highest BCUT2D eigenvalue weighted by Crippen LogP contribution is 2.63. The summed E-state index contributed by atoms with van der Waals surface area (Å²) in [5.41, 5.74) is 4.53. The fourth-order valence-corrected chi connectivity index (χ4v) is 8.92. The first-order chi connectivity index (χ1) is 25.6. The minimum Gasteiger partial charge on any atom is -0.386 e. The number of aliphatic hydroxyl groups is 2. The third-order valence-corrected chi connectivity index (χ3v) is 12.3. The van der Waals surface area contributed by atoms with Crippen molar-refractivity contribution in [3.8, 4) is 0 Å². The van der Waals surface area contributed by atoms with Crippen LogP contribution in [0.5, 0.6) is 0 Å². The Bertz CT molecular complexity index is 1560. The summed E-state index contributed by atoms with van der Waals surface area (Å²) in [5.74, 6) is 0.244. The zero-order valence-corrected chi connectivity index (χ0v) is 33.2. The summed E-state index contributed by atoms with van der Waals surface area (Å²) >= 11 is 1.56. The molecule has 0 bridgehead atoms. The van der Waals surface area contributed by atoms with Crippen molar-refractivity contribution >= 4 is 30.5 Å². The van der Waals surface area contributed by atoms with Gasteiger partial charge in [0.2, 0.25) is 0 Å². The summed E-state index contributed by atoms with van der Waals surface area (Å²) in [5, 5.41) is 30.7. The predicted molar refractivity (Wildman–Crippen MR) is 204 cm³/mol. The number of ether oxygens (including phenoxy) is 3. The summed E-state index contributed by atoms with van der Waals surface area (Å²) in [6, 6.07) is 5.31. The van der Waals surface area contributed by atoms with Crippen LogP contribution in [0.1, 0.15) is 128 Å². The van der Waals surface area contributed by atoms with Crippen LogP contribution >= 0.6 is 19.2 Å². The molecule has 0 aromatic carbocycles. The number of nitrogens with two attached hydrogens (primary N) is 1. The molecule has 3 aromatic rings. The number of aromatic nitrogens is 3. The summed E-state index contributed by atoms with van der Waals surface area (Å²) in [6.45, 7) is 4.63. The maximum absolute atomic E-state index is 13.1. The maximum Gasteiger partial charge on any atom is 0.472 e. The Morgan fingerprint density at radius 1 is 0.981 bits per heavy atom. The van der Waals surface area contributed by atoms with Gasteiger partial charge in [0.1, 0.15) is 41.9 Å². The molecule has 0 radical (unpaired) electrons. The molecule has 1 saturated carbocycles. The second kappa shape index (κ2) is 20.3. The number of nitrogens with zero attached hydrogens (tertiary/aromatic N) is 3. The van der Waals surface area contributed by atoms with E-state index < -0.39 is 43.4 Å². The van der Waals surface area contributed by atoms with Crippen molar-refractivity contribution in [2.45, 2.75) is 159 Å². The van der Waals surface area contributed by atoms with Crippen molar-refractivity contribution in [3.63, 3.8) is 0 Å². The summed E-state index contributed by atoms with van der Waals surface area (Å²) < 4.78 is 43.2. The fraction of sp³-hybridized carbons (Fsp3) is 0.737. The smallest absolute Gasteiger partial charge is 0.386 e. The van der Waals surface area contributed by atoms with E-state index in [1.165, 1.54) is 101 Å². The Morgan fingerprint density at radius 3 is 2.21 bits per heavy atom. The minimum atomic E-state index is -4.70.